The summed E-state index contributed by atoms with van der Waals surface area (Å²) in [5.74, 6) is 0. The molecule has 0 spiro atoms. The number of carbonyl (C=O) groups excluding carboxylic acids is 1. The SMILES string of the molecule is CC.CC(C)(C)OC(=O)N1CC=C(c2ccc([N+](=O)[O-])cc2N)CC1. The summed E-state index contributed by atoms with van der Waals surface area (Å²) in [7, 11) is 0. The maximum atomic E-state index is 12.0. The summed E-state index contributed by atoms with van der Waals surface area (Å²) in [6.07, 6.45) is 2.19. The van der Waals surface area contributed by atoms with Crippen LogP contribution in [0.15, 0.2) is 24.3 Å². The van der Waals surface area contributed by atoms with Gasteiger partial charge in [-0.15, -0.1) is 0 Å². The fourth-order valence-corrected chi connectivity index (χ4v) is 2.36. The topological polar surface area (TPSA) is 98.7 Å². The van der Waals surface area contributed by atoms with Crippen LogP contribution in [0.5, 0.6) is 0 Å². The Morgan fingerprint density at radius 1 is 1.32 bits per heavy atom. The molecular formula is C18H27N3O4. The molecule has 0 atom stereocenters. The first-order valence-electron chi connectivity index (χ1n) is 8.38. The van der Waals surface area contributed by atoms with Crippen molar-refractivity contribution < 1.29 is 14.5 Å². The molecule has 0 saturated heterocycles. The normalized spacial score (nSPS) is 14.1. The third-order valence-electron chi connectivity index (χ3n) is 3.45. The minimum Gasteiger partial charge on any atom is -0.444 e. The summed E-state index contributed by atoms with van der Waals surface area (Å²) in [5, 5.41) is 10.8. The van der Waals surface area contributed by atoms with Crippen molar-refractivity contribution in [2.75, 3.05) is 18.8 Å². The number of nitrogens with two attached hydrogens (primary N) is 1. The van der Waals surface area contributed by atoms with Gasteiger partial charge in [-0.3, -0.25) is 10.1 Å². The van der Waals surface area contributed by atoms with Crippen LogP contribution in [0.4, 0.5) is 16.2 Å². The van der Waals surface area contributed by atoms with E-state index in [1.807, 2.05) is 40.7 Å². The molecule has 1 aliphatic rings. The number of rotatable bonds is 2. The van der Waals surface area contributed by atoms with Crippen LogP contribution in [0.2, 0.25) is 0 Å². The van der Waals surface area contributed by atoms with Gasteiger partial charge in [0.25, 0.3) is 5.69 Å². The molecule has 138 valence electrons. The van der Waals surface area contributed by atoms with Crippen molar-refractivity contribution in [2.45, 2.75) is 46.6 Å². The lowest BCUT2D eigenvalue weighted by Gasteiger charge is -2.29. The summed E-state index contributed by atoms with van der Waals surface area (Å²) < 4.78 is 5.34. The number of hydrogen-bond acceptors (Lipinski definition) is 5. The van der Waals surface area contributed by atoms with Gasteiger partial charge < -0.3 is 15.4 Å². The van der Waals surface area contributed by atoms with Crippen molar-refractivity contribution in [3.8, 4) is 0 Å². The van der Waals surface area contributed by atoms with Crippen LogP contribution in [0.1, 0.15) is 46.6 Å². The minimum absolute atomic E-state index is 0.0296. The summed E-state index contributed by atoms with van der Waals surface area (Å²) in [6, 6.07) is 4.45. The predicted octanol–water partition coefficient (Wildman–Crippen LogP) is 4.23. The number of nitrogens with zero attached hydrogens (tertiary/aromatic N) is 2. The number of amides is 1. The highest BCUT2D eigenvalue weighted by atomic mass is 16.6. The number of nitro benzene ring substituents is 1. The molecule has 2 N–H and O–H groups in total. The second-order valence-corrected chi connectivity index (χ2v) is 6.43. The van der Waals surface area contributed by atoms with E-state index in [0.717, 1.165) is 11.1 Å². The van der Waals surface area contributed by atoms with Crippen LogP contribution < -0.4 is 5.73 Å². The van der Waals surface area contributed by atoms with Crippen LogP contribution in [0.25, 0.3) is 5.57 Å². The van der Waals surface area contributed by atoms with Gasteiger partial charge in [0.2, 0.25) is 0 Å². The lowest BCUT2D eigenvalue weighted by molar-refractivity contribution is -0.384. The number of carbonyl (C=O) groups is 1. The van der Waals surface area contributed by atoms with E-state index in [2.05, 4.69) is 0 Å². The van der Waals surface area contributed by atoms with Crippen LogP contribution in [-0.4, -0.2) is 34.6 Å². The third-order valence-corrected chi connectivity index (χ3v) is 3.45. The summed E-state index contributed by atoms with van der Waals surface area (Å²) >= 11 is 0. The number of nitrogen functional groups attached to an aromatic ring is 1. The molecule has 1 aliphatic heterocycles. The Kier molecular flexibility index (Phi) is 6.97. The van der Waals surface area contributed by atoms with E-state index in [1.54, 1.807) is 11.0 Å². The molecule has 1 aromatic carbocycles. The molecule has 2 rings (SSSR count). The molecule has 0 aromatic heterocycles. The van der Waals surface area contributed by atoms with Gasteiger partial charge in [-0.25, -0.2) is 4.79 Å². The van der Waals surface area contributed by atoms with Crippen molar-refractivity contribution in [3.63, 3.8) is 0 Å². The molecule has 25 heavy (non-hydrogen) atoms. The van der Waals surface area contributed by atoms with Gasteiger partial charge in [0.05, 0.1) is 4.92 Å². The number of hydrogen-bond donors (Lipinski definition) is 1. The second kappa shape index (κ2) is 8.50. The number of nitro groups is 1. The van der Waals surface area contributed by atoms with Crippen molar-refractivity contribution in [3.05, 3.63) is 40.0 Å². The average molecular weight is 349 g/mol. The smallest absolute Gasteiger partial charge is 0.410 e. The third kappa shape index (κ3) is 5.77. The summed E-state index contributed by atoms with van der Waals surface area (Å²) in [4.78, 5) is 23.9. The fraction of sp³-hybridized carbons (Fsp3) is 0.500. The largest absolute Gasteiger partial charge is 0.444 e. The Balaban J connectivity index is 0.00000151. The fourth-order valence-electron chi connectivity index (χ4n) is 2.36. The zero-order valence-corrected chi connectivity index (χ0v) is 15.5. The van der Waals surface area contributed by atoms with Gasteiger partial charge in [0, 0.05) is 36.5 Å². The van der Waals surface area contributed by atoms with Crippen LogP contribution in [-0.2, 0) is 4.74 Å². The van der Waals surface area contributed by atoms with Crippen molar-refractivity contribution in [1.82, 2.24) is 4.90 Å². The molecule has 1 amide bonds. The Labute approximate surface area is 148 Å². The first-order chi connectivity index (χ1) is 11.7. The molecule has 1 aromatic rings. The predicted molar refractivity (Wildman–Crippen MR) is 99.3 cm³/mol. The van der Waals surface area contributed by atoms with E-state index in [-0.39, 0.29) is 11.8 Å². The van der Waals surface area contributed by atoms with E-state index in [1.165, 1.54) is 12.1 Å². The molecule has 1 heterocycles. The van der Waals surface area contributed by atoms with E-state index < -0.39 is 10.5 Å². The average Bonchev–Trinajstić information content (AvgIpc) is 2.55. The Bertz CT molecular complexity index is 663. The van der Waals surface area contributed by atoms with Crippen LogP contribution in [0, 0.1) is 10.1 Å². The van der Waals surface area contributed by atoms with E-state index >= 15 is 0 Å². The van der Waals surface area contributed by atoms with E-state index in [4.69, 9.17) is 10.5 Å². The molecule has 0 fully saturated rings. The van der Waals surface area contributed by atoms with Gasteiger partial charge in [-0.05, 0) is 38.8 Å². The molecule has 0 unspecified atom stereocenters. The second-order valence-electron chi connectivity index (χ2n) is 6.43. The van der Waals surface area contributed by atoms with Gasteiger partial charge in [-0.2, -0.15) is 0 Å². The highest BCUT2D eigenvalue weighted by Crippen LogP contribution is 2.30. The van der Waals surface area contributed by atoms with Gasteiger partial charge >= 0.3 is 6.09 Å². The van der Waals surface area contributed by atoms with Crippen molar-refractivity contribution in [1.29, 1.82) is 0 Å². The Morgan fingerprint density at radius 2 is 1.96 bits per heavy atom. The zero-order valence-electron chi connectivity index (χ0n) is 15.5. The Morgan fingerprint density at radius 3 is 2.40 bits per heavy atom. The van der Waals surface area contributed by atoms with Crippen molar-refractivity contribution >= 4 is 23.0 Å². The monoisotopic (exact) mass is 349 g/mol. The first-order valence-corrected chi connectivity index (χ1v) is 8.38. The highest BCUT2D eigenvalue weighted by Gasteiger charge is 2.24. The molecule has 0 bridgehead atoms. The molecule has 0 radical (unpaired) electrons. The van der Waals surface area contributed by atoms with Gasteiger partial charge in [-0.1, -0.05) is 19.9 Å². The molecule has 0 aliphatic carbocycles. The lowest BCUT2D eigenvalue weighted by Crippen LogP contribution is -2.39. The number of ether oxygens (including phenoxy) is 1. The maximum Gasteiger partial charge on any atom is 0.410 e. The quantitative estimate of drug-likeness (QED) is 0.489. The van der Waals surface area contributed by atoms with Gasteiger partial charge in [0.1, 0.15) is 5.60 Å². The summed E-state index contributed by atoms with van der Waals surface area (Å²) in [5.41, 5.74) is 7.50. The maximum absolute atomic E-state index is 12.0. The number of non-ortho nitro benzene ring substituents is 1. The first kappa shape index (κ1) is 20.5. The van der Waals surface area contributed by atoms with Crippen molar-refractivity contribution in [2.24, 2.45) is 0 Å². The molecule has 7 nitrogen and oxygen atoms in total. The van der Waals surface area contributed by atoms with Gasteiger partial charge in [0.15, 0.2) is 0 Å². The highest BCUT2D eigenvalue weighted by molar-refractivity contribution is 5.78. The van der Waals surface area contributed by atoms with Crippen LogP contribution >= 0.6 is 0 Å². The van der Waals surface area contributed by atoms with E-state index in [0.29, 0.717) is 25.2 Å². The number of anilines is 1. The molecular weight excluding hydrogens is 322 g/mol. The number of benzene rings is 1. The van der Waals surface area contributed by atoms with E-state index in [9.17, 15) is 14.9 Å². The zero-order chi connectivity index (χ0) is 19.2. The minimum atomic E-state index is -0.524. The van der Waals surface area contributed by atoms with Crippen LogP contribution in [0.3, 0.4) is 0 Å². The molecule has 0 saturated carbocycles. The summed E-state index contributed by atoms with van der Waals surface area (Å²) in [6.45, 7) is 10.4. The molecule has 7 heteroatoms. The Hall–Kier alpha value is -2.57. The lowest BCUT2D eigenvalue weighted by atomic mass is 9.98. The standard InChI is InChI=1S/C16H21N3O4.C2H6/c1-16(2,3)23-15(20)18-8-6-11(7-9-18)13-5-4-12(19(21)22)10-14(13)17;1-2/h4-6,10H,7-9,17H2,1-3H3;1-2H3.